The van der Waals surface area contributed by atoms with Gasteiger partial charge in [-0.25, -0.2) is 0 Å². The number of hydrogen-bond acceptors (Lipinski definition) is 4. The highest BCUT2D eigenvalue weighted by Crippen LogP contribution is 2.68. The van der Waals surface area contributed by atoms with E-state index in [-0.39, 0.29) is 22.5 Å². The van der Waals surface area contributed by atoms with Crippen molar-refractivity contribution in [1.82, 2.24) is 0 Å². The Kier molecular flexibility index (Phi) is 6.00. The van der Waals surface area contributed by atoms with E-state index in [4.69, 9.17) is 4.74 Å². The maximum Gasteiger partial charge on any atom is 0.169 e. The lowest BCUT2D eigenvalue weighted by atomic mass is 9.45. The van der Waals surface area contributed by atoms with Gasteiger partial charge in [0.1, 0.15) is 11.5 Å². The minimum absolute atomic E-state index is 0.111. The fourth-order valence-electron chi connectivity index (χ4n) is 8.77. The van der Waals surface area contributed by atoms with Gasteiger partial charge in [0.25, 0.3) is 0 Å². The number of aliphatic hydroxyl groups is 1. The summed E-state index contributed by atoms with van der Waals surface area (Å²) in [6.07, 6.45) is 10.4. The summed E-state index contributed by atoms with van der Waals surface area (Å²) in [6.45, 7) is 9.32. The van der Waals surface area contributed by atoms with E-state index in [1.54, 1.807) is 12.1 Å². The molecule has 0 bridgehead atoms. The molecule has 3 fully saturated rings. The van der Waals surface area contributed by atoms with Crippen molar-refractivity contribution < 1.29 is 19.7 Å². The van der Waals surface area contributed by atoms with Crippen molar-refractivity contribution in [2.45, 2.75) is 91.5 Å². The Labute approximate surface area is 204 Å². The molecule has 8 atom stereocenters. The largest absolute Gasteiger partial charge is 0.508 e. The molecule has 2 N–H and O–H groups in total. The topological polar surface area (TPSA) is 66.8 Å². The van der Waals surface area contributed by atoms with Crippen LogP contribution in [0.2, 0.25) is 0 Å². The first-order valence-corrected chi connectivity index (χ1v) is 13.5. The predicted octanol–water partition coefficient (Wildman–Crippen LogP) is 6.40. The number of Topliss-reactive ketones (excluding diaryl/α,β-unsaturated/α-hetero) is 1. The number of rotatable bonds is 5. The first kappa shape index (κ1) is 24.1. The van der Waals surface area contributed by atoms with Crippen molar-refractivity contribution in [3.05, 3.63) is 41.5 Å². The number of aromatic hydroxyl groups is 1. The van der Waals surface area contributed by atoms with Gasteiger partial charge in [-0.05, 0) is 97.6 Å². The number of hydrogen-bond donors (Lipinski definition) is 2. The molecule has 4 heteroatoms. The molecule has 0 aliphatic heterocycles. The molecule has 5 rings (SSSR count). The Morgan fingerprint density at radius 1 is 1.06 bits per heavy atom. The van der Waals surface area contributed by atoms with Crippen molar-refractivity contribution in [3.63, 3.8) is 0 Å². The van der Waals surface area contributed by atoms with Crippen LogP contribution in [0.15, 0.2) is 35.9 Å². The van der Waals surface area contributed by atoms with Gasteiger partial charge in [0.2, 0.25) is 0 Å². The van der Waals surface area contributed by atoms with Gasteiger partial charge in [0, 0.05) is 18.8 Å². The lowest BCUT2D eigenvalue weighted by Gasteiger charge is -2.60. The van der Waals surface area contributed by atoms with E-state index in [9.17, 15) is 15.0 Å². The second kappa shape index (κ2) is 8.48. The maximum absolute atomic E-state index is 12.5. The van der Waals surface area contributed by atoms with Gasteiger partial charge in [0.05, 0.1) is 6.61 Å². The third-order valence-corrected chi connectivity index (χ3v) is 10.7. The highest BCUT2D eigenvalue weighted by atomic mass is 16.6. The van der Waals surface area contributed by atoms with E-state index in [1.165, 1.54) is 18.4 Å². The number of phenols is 1. The molecule has 1 aromatic rings. The lowest BCUT2D eigenvalue weighted by molar-refractivity contribution is -0.232. The van der Waals surface area contributed by atoms with Crippen LogP contribution in [0.3, 0.4) is 0 Å². The Morgan fingerprint density at radius 2 is 1.79 bits per heavy atom. The molecule has 0 spiro atoms. The smallest absolute Gasteiger partial charge is 0.169 e. The third kappa shape index (κ3) is 3.76. The van der Waals surface area contributed by atoms with Gasteiger partial charge in [-0.15, -0.1) is 0 Å². The van der Waals surface area contributed by atoms with Crippen molar-refractivity contribution in [2.24, 2.45) is 40.4 Å². The summed E-state index contributed by atoms with van der Waals surface area (Å²) < 4.78 is 6.12. The molecule has 4 aliphatic carbocycles. The summed E-state index contributed by atoms with van der Waals surface area (Å²) in [7, 11) is 0. The normalized spacial score (nSPS) is 43.4. The van der Waals surface area contributed by atoms with E-state index in [1.807, 2.05) is 19.1 Å². The highest BCUT2D eigenvalue weighted by Gasteiger charge is 2.61. The summed E-state index contributed by atoms with van der Waals surface area (Å²) in [5.74, 6) is 2.15. The number of fused-ring (bicyclic) bond motifs is 5. The molecule has 4 nitrogen and oxygen atoms in total. The molecule has 0 radical (unpaired) electrons. The van der Waals surface area contributed by atoms with Crippen LogP contribution >= 0.6 is 0 Å². The van der Waals surface area contributed by atoms with Crippen molar-refractivity contribution in [1.29, 1.82) is 0 Å². The van der Waals surface area contributed by atoms with Gasteiger partial charge >= 0.3 is 0 Å². The Balaban J connectivity index is 1.39. The van der Waals surface area contributed by atoms with E-state index >= 15 is 0 Å². The molecule has 34 heavy (non-hydrogen) atoms. The molecule has 2 unspecified atom stereocenters. The first-order valence-electron chi connectivity index (χ1n) is 13.5. The minimum Gasteiger partial charge on any atom is -0.508 e. The molecule has 4 aliphatic rings. The van der Waals surface area contributed by atoms with E-state index < -0.39 is 5.79 Å². The molecular formula is C30H42O4. The van der Waals surface area contributed by atoms with Crippen molar-refractivity contribution in [2.75, 3.05) is 0 Å². The number of phenolic OH excluding ortho intramolecular Hbond substituents is 1. The van der Waals surface area contributed by atoms with Gasteiger partial charge in [-0.3, -0.25) is 4.79 Å². The highest BCUT2D eigenvalue weighted by molar-refractivity contribution is 5.79. The van der Waals surface area contributed by atoms with Crippen LogP contribution in [-0.4, -0.2) is 21.8 Å². The average molecular weight is 467 g/mol. The minimum atomic E-state index is -1.13. The molecule has 0 amide bonds. The quantitative estimate of drug-likeness (QED) is 0.389. The van der Waals surface area contributed by atoms with Crippen LogP contribution in [-0.2, 0) is 16.1 Å². The van der Waals surface area contributed by atoms with Crippen LogP contribution in [0.5, 0.6) is 5.75 Å². The summed E-state index contributed by atoms with van der Waals surface area (Å²) >= 11 is 0. The standard InChI is InChI=1S/C30H42O4/c1-5-21-16-22-17-30(33,34-18-20-6-8-23(32)9-7-20)15-14-28(22,3)26-12-13-29(4)24(19(2)31)10-11-25(29)27(21)26/h6-9,16,21,24-27,32-33H,5,10-15,17-18H2,1-4H3/t21?,24-,25+,26+,27+,28+,29-,30?/m1/s1. The van der Waals surface area contributed by atoms with Gasteiger partial charge in [0.15, 0.2) is 5.79 Å². The van der Waals surface area contributed by atoms with Gasteiger partial charge < -0.3 is 14.9 Å². The van der Waals surface area contributed by atoms with Crippen LogP contribution in [0.1, 0.15) is 84.6 Å². The van der Waals surface area contributed by atoms with Crippen molar-refractivity contribution >= 4 is 5.78 Å². The van der Waals surface area contributed by atoms with Crippen LogP contribution in [0.4, 0.5) is 0 Å². The SMILES string of the molecule is CCC1C=C2CC(O)(OCc3ccc(O)cc3)CC[C@]2(C)[C@H]2CC[C@]3(C)[C@@H](C(C)=O)CC[C@H]3[C@H]12. The van der Waals surface area contributed by atoms with Crippen LogP contribution in [0.25, 0.3) is 0 Å². The van der Waals surface area contributed by atoms with Gasteiger partial charge in [-0.2, -0.15) is 0 Å². The summed E-state index contributed by atoms with van der Waals surface area (Å²) in [5.41, 5.74) is 2.62. The molecule has 3 saturated carbocycles. The molecule has 1 aromatic carbocycles. The number of allylic oxidation sites excluding steroid dienone is 1. The fourth-order valence-corrected chi connectivity index (χ4v) is 8.77. The Morgan fingerprint density at radius 3 is 2.47 bits per heavy atom. The maximum atomic E-state index is 12.5. The number of benzene rings is 1. The number of ketones is 1. The third-order valence-electron chi connectivity index (χ3n) is 10.7. The molecule has 186 valence electrons. The average Bonchev–Trinajstić information content (AvgIpc) is 3.16. The monoisotopic (exact) mass is 466 g/mol. The van der Waals surface area contributed by atoms with Crippen LogP contribution < -0.4 is 0 Å². The number of ether oxygens (including phenoxy) is 1. The summed E-state index contributed by atoms with van der Waals surface area (Å²) in [4.78, 5) is 12.5. The molecular weight excluding hydrogens is 424 g/mol. The zero-order chi connectivity index (χ0) is 24.3. The second-order valence-electron chi connectivity index (χ2n) is 12.3. The van der Waals surface area contributed by atoms with E-state index in [0.29, 0.717) is 48.9 Å². The van der Waals surface area contributed by atoms with E-state index in [2.05, 4.69) is 26.8 Å². The second-order valence-corrected chi connectivity index (χ2v) is 12.3. The number of carbonyl (C=O) groups excluding carboxylic acids is 1. The Bertz CT molecular complexity index is 967. The fraction of sp³-hybridized carbons (Fsp3) is 0.700. The number of carbonyl (C=O) groups is 1. The first-order chi connectivity index (χ1) is 16.1. The predicted molar refractivity (Wildman–Crippen MR) is 133 cm³/mol. The lowest BCUT2D eigenvalue weighted by Crippen LogP contribution is -2.55. The molecule has 0 saturated heterocycles. The van der Waals surface area contributed by atoms with Gasteiger partial charge in [-0.1, -0.05) is 44.6 Å². The van der Waals surface area contributed by atoms with Crippen LogP contribution in [0, 0.1) is 40.4 Å². The summed E-state index contributed by atoms with van der Waals surface area (Å²) in [6, 6.07) is 7.01. The zero-order valence-corrected chi connectivity index (χ0v) is 21.3. The molecule has 0 heterocycles. The zero-order valence-electron chi connectivity index (χ0n) is 21.3. The summed E-state index contributed by atoms with van der Waals surface area (Å²) in [5, 5.41) is 21.0. The Hall–Kier alpha value is -1.65. The van der Waals surface area contributed by atoms with Crippen molar-refractivity contribution in [3.8, 4) is 5.75 Å². The van der Waals surface area contributed by atoms with E-state index in [0.717, 1.165) is 31.2 Å². The molecule has 0 aromatic heterocycles.